The Bertz CT molecular complexity index is 4580. The molecule has 830 valence electrons. The number of fused-ring (bicyclic) bond motifs is 7. The standard InChI is InChI=1S/C103H160O43/c1-18-97(12,126)31-21-24-49(5)84(123)139-79-69(114)60(46-128-83(122)48(4)26-23-33-99(14,20-3)146-92-81(67(112)57(107)44-133-92)140-85(124)50(6)25-22-32-98(13,127)19-2)137-93(82(79)144-89-75(120)71(116)77(51(7)135-89)141-88-76(121)78(58(108)45-131-88)142-86-72(117)64(109)54(104)41-129-86)145-94(125)103-38-36-95(8,9)40-53(103)52-27-28-62-100(15)34-30-63(96(10,11)61(100)29-35-102(62,17)101(52,16)37-39-103)138-90-74(119)70(115)68(113)59(136-90)47-134-91-80(66(111)56(106)43-132-91)143-87-73(118)65(110)55(105)42-130-87/h18-20,24-27,51,53-82,86-93,104-121,126-127H,1-3,21-23,28-47H2,4-17H3/b48-26+,49-24+,50-25+/t51-,53-,54-,55-,56-,57-,58-,59-,60-,61+,62-,63-,64+,65+,66+,67+,68-,69-,70+,71-,72-,73-,74-,75-,76-,77-,78+,79+,80-,81-,82-,86+,87+,88+,89+,90+,91+,92+,93+,97+,98+,99+,100+,101+,102+,103+/m0/s1. The molecule has 8 saturated heterocycles. The number of esters is 4. The zero-order valence-electron chi connectivity index (χ0n) is 85.8. The molecule has 43 heteroatoms. The molecule has 43 nitrogen and oxygen atoms in total. The second kappa shape index (κ2) is 47.1. The van der Waals surface area contributed by atoms with Crippen molar-refractivity contribution in [1.82, 2.24) is 0 Å². The third kappa shape index (κ3) is 24.8. The Labute approximate surface area is 850 Å². The lowest BCUT2D eigenvalue weighted by Crippen LogP contribution is -2.67. The van der Waals surface area contributed by atoms with Crippen LogP contribution in [0, 0.1) is 50.2 Å². The van der Waals surface area contributed by atoms with Gasteiger partial charge in [-0.1, -0.05) is 96.6 Å². The Balaban J connectivity index is 0.766. The summed E-state index contributed by atoms with van der Waals surface area (Å²) in [6, 6.07) is 0. The van der Waals surface area contributed by atoms with Crippen LogP contribution in [-0.2, 0) is 109 Å². The predicted octanol–water partition coefficient (Wildman–Crippen LogP) is 0.128. The van der Waals surface area contributed by atoms with Gasteiger partial charge in [-0.25, -0.2) is 14.4 Å². The van der Waals surface area contributed by atoms with Crippen molar-refractivity contribution in [3.63, 3.8) is 0 Å². The minimum atomic E-state index is -2.21. The fourth-order valence-corrected chi connectivity index (χ4v) is 24.2. The number of carbonyl (C=O) groups is 4. The van der Waals surface area contributed by atoms with Crippen molar-refractivity contribution in [3.8, 4) is 0 Å². The van der Waals surface area contributed by atoms with Gasteiger partial charge >= 0.3 is 23.9 Å². The van der Waals surface area contributed by atoms with E-state index in [1.165, 1.54) is 65.0 Å². The Morgan fingerprint density at radius 1 is 0.425 bits per heavy atom. The molecule has 46 atom stereocenters. The first kappa shape index (κ1) is 118. The second-order valence-corrected chi connectivity index (χ2v) is 45.4. The van der Waals surface area contributed by atoms with Crippen molar-refractivity contribution < 1.29 is 211 Å². The fourth-order valence-electron chi connectivity index (χ4n) is 24.2. The summed E-state index contributed by atoms with van der Waals surface area (Å²) in [5, 5.41) is 223. The molecule has 0 spiro atoms. The Morgan fingerprint density at radius 3 is 1.48 bits per heavy atom. The third-order valence-electron chi connectivity index (χ3n) is 34.2. The highest BCUT2D eigenvalue weighted by molar-refractivity contribution is 5.89. The van der Waals surface area contributed by atoms with E-state index >= 15 is 4.79 Å². The third-order valence-corrected chi connectivity index (χ3v) is 34.2. The number of carbonyl (C=O) groups excluding carboxylic acids is 4. The topological polar surface area (TPSA) is 648 Å². The first-order chi connectivity index (χ1) is 68.3. The van der Waals surface area contributed by atoms with E-state index in [1.807, 2.05) is 0 Å². The van der Waals surface area contributed by atoms with Gasteiger partial charge in [-0.2, -0.15) is 0 Å². The van der Waals surface area contributed by atoms with Gasteiger partial charge in [0.2, 0.25) is 6.29 Å². The van der Waals surface area contributed by atoms with E-state index in [4.69, 9.17) is 90.0 Å². The quantitative estimate of drug-likeness (QED) is 0.0130. The summed E-state index contributed by atoms with van der Waals surface area (Å²) in [4.78, 5) is 59.7. The van der Waals surface area contributed by atoms with Gasteiger partial charge in [0.25, 0.3) is 0 Å². The normalized spacial score (nSPS) is 45.5. The van der Waals surface area contributed by atoms with Crippen LogP contribution in [0.5, 0.6) is 0 Å². The lowest BCUT2D eigenvalue weighted by Gasteiger charge is -2.71. The van der Waals surface area contributed by atoms with Crippen LogP contribution < -0.4 is 0 Å². The van der Waals surface area contributed by atoms with Crippen LogP contribution >= 0.6 is 0 Å². The van der Waals surface area contributed by atoms with Crippen molar-refractivity contribution in [2.24, 2.45) is 50.2 Å². The molecule has 8 aliphatic heterocycles. The molecule has 0 aromatic heterocycles. The first-order valence-corrected chi connectivity index (χ1v) is 51.1. The molecule has 0 amide bonds. The number of hydrogen-bond donors (Lipinski definition) is 20. The fraction of sp³-hybridized carbons (Fsp3) is 0.825. The Morgan fingerprint density at radius 2 is 0.897 bits per heavy atom. The highest BCUT2D eigenvalue weighted by atomic mass is 16.8. The van der Waals surface area contributed by atoms with E-state index in [2.05, 4.69) is 74.3 Å². The van der Waals surface area contributed by atoms with Crippen molar-refractivity contribution in [2.75, 3.05) is 46.2 Å². The zero-order chi connectivity index (χ0) is 107. The molecule has 0 unspecified atom stereocenters. The summed E-state index contributed by atoms with van der Waals surface area (Å²) in [6.07, 6.45) is -44.4. The molecule has 13 aliphatic rings. The average Bonchev–Trinajstić information content (AvgIpc) is 0.672. The van der Waals surface area contributed by atoms with Gasteiger partial charge in [-0.3, -0.25) is 4.79 Å². The van der Waals surface area contributed by atoms with E-state index in [-0.39, 0.29) is 90.8 Å². The number of hydrogen-bond acceptors (Lipinski definition) is 43. The smallest absolute Gasteiger partial charge is 0.333 e. The monoisotopic (exact) mass is 2090 g/mol. The van der Waals surface area contributed by atoms with Crippen molar-refractivity contribution in [2.45, 2.75) is 438 Å². The van der Waals surface area contributed by atoms with E-state index < -0.39 is 336 Å². The minimum absolute atomic E-state index is 0.00210. The van der Waals surface area contributed by atoms with E-state index in [1.54, 1.807) is 19.9 Å². The van der Waals surface area contributed by atoms with Crippen LogP contribution in [0.25, 0.3) is 0 Å². The van der Waals surface area contributed by atoms with Gasteiger partial charge in [0.1, 0.15) is 147 Å². The molecule has 0 bridgehead atoms. The number of rotatable bonds is 36. The molecule has 8 heterocycles. The van der Waals surface area contributed by atoms with E-state index in [9.17, 15) is 117 Å². The maximum Gasteiger partial charge on any atom is 0.333 e. The van der Waals surface area contributed by atoms with Crippen LogP contribution in [0.2, 0.25) is 0 Å². The molecule has 0 radical (unpaired) electrons. The van der Waals surface area contributed by atoms with Gasteiger partial charge < -0.3 is 192 Å². The summed E-state index contributed by atoms with van der Waals surface area (Å²) in [6.45, 7) is 33.4. The van der Waals surface area contributed by atoms with Gasteiger partial charge in [-0.05, 0) is 196 Å². The zero-order valence-corrected chi connectivity index (χ0v) is 85.8. The van der Waals surface area contributed by atoms with Gasteiger partial charge in [0.05, 0.1) is 74.1 Å². The lowest BCUT2D eigenvalue weighted by atomic mass is 9.33. The van der Waals surface area contributed by atoms with Crippen LogP contribution in [0.3, 0.4) is 0 Å². The van der Waals surface area contributed by atoms with Gasteiger partial charge in [0, 0.05) is 16.7 Å². The molecule has 0 aromatic carbocycles. The molecule has 0 aromatic rings. The lowest BCUT2D eigenvalue weighted by molar-refractivity contribution is -0.379. The Kier molecular flexibility index (Phi) is 38.0. The molecule has 13 rings (SSSR count). The van der Waals surface area contributed by atoms with Crippen molar-refractivity contribution in [1.29, 1.82) is 0 Å². The summed E-state index contributed by atoms with van der Waals surface area (Å²) in [5.41, 5.74) is -6.62. The maximum atomic E-state index is 16.8. The molecule has 20 N–H and O–H groups in total. The first-order valence-electron chi connectivity index (χ1n) is 51.1. The molecule has 12 fully saturated rings. The SMILES string of the molecule is C=C[C@@](C)(O)CC/C=C(\C)C(=O)O[C@@H]1[C@@H](O[C@](C)(C=C)CC/C=C(\C)C(=O)OC[C@@H]2O[C@H](OC(=O)[C@@]34CCC(C)(C)C[C@H]3C3=CC[C@H]5[C@]6(C)CC[C@H](O[C@H]7O[C@@H](CO[C@H]8OC[C@H](O)[C@@H](O)[C@@H]8O[C@H]8OC[C@H](O)[C@@H](O)[C@@H]8O)[C@H](O)[C@@H](O)[C@@H]7O)C(C)(C)[C@H]6CC[C@@]5(C)[C@]3(C)CC4)[C@@H](O[C@H]3O[C@@H](C)[C@H](O[C@H]4OC[C@H](O)[C@@H](O[C@H]5OC[C@H](O)[C@@H](O)[C@@H]5O)[C@@H]4O)[C@@H](O)[C@@H]3O)[C@H](OC(=O)/C(C)=C/CC[C@](C)(O)C=C)[C@H]2O)OC[C@H](O)[C@H]1O. The number of aliphatic hydroxyl groups is 20. The minimum Gasteiger partial charge on any atom is -0.459 e. The molecule has 4 saturated carbocycles. The van der Waals surface area contributed by atoms with Gasteiger partial charge in [-0.15, -0.1) is 19.7 Å². The van der Waals surface area contributed by atoms with E-state index in [0.29, 0.717) is 51.4 Å². The number of ether oxygens (including phenoxy) is 19. The van der Waals surface area contributed by atoms with Crippen LogP contribution in [0.4, 0.5) is 0 Å². The maximum absolute atomic E-state index is 16.8. The van der Waals surface area contributed by atoms with Crippen molar-refractivity contribution in [3.05, 3.63) is 84.6 Å². The largest absolute Gasteiger partial charge is 0.459 e. The van der Waals surface area contributed by atoms with Crippen molar-refractivity contribution >= 4 is 23.9 Å². The van der Waals surface area contributed by atoms with Crippen LogP contribution in [0.15, 0.2) is 84.6 Å². The predicted molar refractivity (Wildman–Crippen MR) is 505 cm³/mol. The number of allylic oxidation sites excluding steroid dienone is 5. The van der Waals surface area contributed by atoms with E-state index in [0.717, 1.165) is 5.57 Å². The highest BCUT2D eigenvalue weighted by Crippen LogP contribution is 2.76. The molecular formula is C103H160O43. The van der Waals surface area contributed by atoms with Crippen LogP contribution in [0.1, 0.15) is 200 Å². The number of aliphatic hydroxyl groups excluding tert-OH is 18. The summed E-state index contributed by atoms with van der Waals surface area (Å²) < 4.78 is 116. The molecule has 146 heavy (non-hydrogen) atoms. The average molecular weight is 2090 g/mol. The summed E-state index contributed by atoms with van der Waals surface area (Å²) in [5.74, 6) is -4.24. The summed E-state index contributed by atoms with van der Waals surface area (Å²) >= 11 is 0. The highest BCUT2D eigenvalue weighted by Gasteiger charge is 2.71. The summed E-state index contributed by atoms with van der Waals surface area (Å²) in [7, 11) is 0. The molecular weight excluding hydrogens is 1930 g/mol. The van der Waals surface area contributed by atoms with Crippen LogP contribution in [-0.4, -0.2) is 410 Å². The molecule has 5 aliphatic carbocycles. The second-order valence-electron chi connectivity index (χ2n) is 45.4. The Hall–Kier alpha value is -5.34. The van der Waals surface area contributed by atoms with Gasteiger partial charge in [0.15, 0.2) is 62.3 Å².